The molecule has 3 aromatic rings. The van der Waals surface area contributed by atoms with Crippen LogP contribution in [0.5, 0.6) is 23.0 Å². The molecule has 0 heterocycles. The van der Waals surface area contributed by atoms with E-state index in [2.05, 4.69) is 190 Å². The van der Waals surface area contributed by atoms with Crippen molar-refractivity contribution in [1.82, 2.24) is 0 Å². The molecule has 2 saturated carbocycles. The van der Waals surface area contributed by atoms with E-state index >= 15 is 0 Å². The maximum atomic E-state index is 10.4. The molecule has 0 unspecified atom stereocenters. The average molecular weight is 1370 g/mol. The Hall–Kier alpha value is -3.25. The standard InChI is InChI=1S/2C23H34O2Si.C14H20O2Si.C10H16O.S7/c2*1-14-9-17(10-20(25-5)15(14)2)22-16(3)19-11-18(24)12-23(19,4)13-21(22)26(6,7)8;1-11-9-12(7-8-17(4,5)6)10-13(15-2)14(11)16-3;1-4-5-6-7-10(11)8-9(2)3;1-3-5-7-6-4-2/h9-10,18,24H,11-13H2,1-8H3;9-10,18-19,24H,3,11-13H2,1-2,4-8H3;9-10H,1-6H3;10-11H,2,4,7-8H2,1,3H3;/t18-,23+;18-,19+,23+;;10-;/m00.0./s1. The third-order valence-corrected chi connectivity index (χ3v) is 31.1. The quantitative estimate of drug-likeness (QED) is 0.0985. The second-order valence-electron chi connectivity index (χ2n) is 27.4. The van der Waals surface area contributed by atoms with Crippen molar-refractivity contribution >= 4 is 102 Å². The van der Waals surface area contributed by atoms with Gasteiger partial charge in [-0.3, -0.25) is 0 Å². The number of allylic oxidation sites excluding steroid dienone is 6. The molecule has 0 spiro atoms. The van der Waals surface area contributed by atoms with Gasteiger partial charge in [0.25, 0.3) is 0 Å². The minimum Gasteiger partial charge on any atom is -0.496 e. The number of fused-ring (bicyclic) bond motifs is 2. The summed E-state index contributed by atoms with van der Waals surface area (Å²) in [4.78, 5) is 0. The second kappa shape index (κ2) is 34.4. The molecule has 4 aliphatic carbocycles. The molecule has 480 valence electrons. The molecule has 0 aliphatic heterocycles. The zero-order chi connectivity index (χ0) is 66.2. The summed E-state index contributed by atoms with van der Waals surface area (Å²) in [5.41, 5.74) is 21.1. The molecule has 0 bridgehead atoms. The molecule has 3 N–H and O–H groups in total. The van der Waals surface area contributed by atoms with Gasteiger partial charge in [0, 0.05) is 85.2 Å². The maximum absolute atomic E-state index is 10.4. The normalized spacial score (nSPS) is 20.6. The Bertz CT molecular complexity index is 3440. The Morgan fingerprint density at radius 2 is 1.21 bits per heavy atom. The Morgan fingerprint density at radius 1 is 0.690 bits per heavy atom. The number of rotatable bonds is 11. The van der Waals surface area contributed by atoms with Gasteiger partial charge in [-0.15, -0.1) is 24.0 Å². The van der Waals surface area contributed by atoms with Crippen LogP contribution < -0.4 is 18.9 Å². The maximum Gasteiger partial charge on any atom is 0.163 e. The van der Waals surface area contributed by atoms with Crippen LogP contribution >= 0.6 is 0 Å². The van der Waals surface area contributed by atoms with E-state index in [9.17, 15) is 15.3 Å². The minimum absolute atomic E-state index is 0.131. The third kappa shape index (κ3) is 22.2. The number of aryl methyl sites for hydroxylation is 3. The number of ether oxygens (including phenoxy) is 4. The Morgan fingerprint density at radius 3 is 1.67 bits per heavy atom. The molecule has 87 heavy (non-hydrogen) atoms. The third-order valence-electron chi connectivity index (χ3n) is 16.9. The van der Waals surface area contributed by atoms with Crippen LogP contribution in [0, 0.1) is 74.7 Å². The fraction of sp³-hybridized carbons (Fsp3) is 0.543. The Balaban J connectivity index is 0.000000304. The van der Waals surface area contributed by atoms with Crippen molar-refractivity contribution in [2.75, 3.05) is 28.4 Å². The number of benzene rings is 3. The summed E-state index contributed by atoms with van der Waals surface area (Å²) in [6.45, 7) is 51.1. The number of hydrogen-bond acceptors (Lipinski definition) is 9. The molecule has 6 atom stereocenters. The molecule has 7 rings (SSSR count). The lowest BCUT2D eigenvalue weighted by molar-refractivity contribution is 0.163. The largest absolute Gasteiger partial charge is 0.496 e. The van der Waals surface area contributed by atoms with Crippen molar-refractivity contribution in [3.8, 4) is 46.3 Å². The summed E-state index contributed by atoms with van der Waals surface area (Å²) in [7, 11) is 9.79. The van der Waals surface area contributed by atoms with Crippen molar-refractivity contribution in [2.45, 2.75) is 204 Å². The highest BCUT2D eigenvalue weighted by Gasteiger charge is 2.50. The number of hydrogen-bond donors (Lipinski definition) is 3. The van der Waals surface area contributed by atoms with E-state index in [0.29, 0.717) is 18.8 Å². The Kier molecular flexibility index (Phi) is 30.9. The first-order chi connectivity index (χ1) is 40.4. The summed E-state index contributed by atoms with van der Waals surface area (Å²) in [5.74, 6) is 12.9. The SMILES string of the molecule is C=C(C)C[C@@H](O)CC#CCC.C=C1C(c2cc(C)c(C)c(OC)c2)=C([Si](C)(C)C)C[C@@]2(C)C[C@@H](O)C[C@H]12.COc1cc(C#C[Si](C)(C)C)cc(C)c1OC.COc1cc(C2=C([Si](C)(C)C)C[C@@]3(C)C[C@@H](O)CC3=C2C)cc(C)c1C.S=S=S=S=S=S=S. The van der Waals surface area contributed by atoms with Crippen molar-refractivity contribution in [3.63, 3.8) is 0 Å². The van der Waals surface area contributed by atoms with Gasteiger partial charge < -0.3 is 34.3 Å². The van der Waals surface area contributed by atoms with Gasteiger partial charge in [-0.2, -0.15) is 0 Å². The van der Waals surface area contributed by atoms with E-state index in [-0.39, 0.29) is 29.1 Å². The van der Waals surface area contributed by atoms with Gasteiger partial charge in [-0.25, -0.2) is 0 Å². The fourth-order valence-corrected chi connectivity index (χ4v) is 25.2. The molecule has 0 aromatic heterocycles. The van der Waals surface area contributed by atoms with E-state index in [4.69, 9.17) is 18.9 Å². The van der Waals surface area contributed by atoms with Gasteiger partial charge in [0.1, 0.15) is 19.6 Å². The van der Waals surface area contributed by atoms with Crippen LogP contribution in [0.3, 0.4) is 0 Å². The smallest absolute Gasteiger partial charge is 0.163 e. The minimum atomic E-state index is -1.54. The molecular weight excluding hydrogens is 1260 g/mol. The molecule has 2 fully saturated rings. The lowest BCUT2D eigenvalue weighted by Crippen LogP contribution is -2.37. The summed E-state index contributed by atoms with van der Waals surface area (Å²) in [5, 5.41) is 33.3. The zero-order valence-corrected chi connectivity index (χ0v) is 65.6. The van der Waals surface area contributed by atoms with Crippen LogP contribution in [0.4, 0.5) is 0 Å². The van der Waals surface area contributed by atoms with E-state index in [1.54, 1.807) is 65.5 Å². The van der Waals surface area contributed by atoms with Crippen LogP contribution in [0.15, 0.2) is 82.2 Å². The monoisotopic (exact) mass is 1360 g/mol. The first-order valence-electron chi connectivity index (χ1n) is 30.1. The molecule has 0 saturated heterocycles. The van der Waals surface area contributed by atoms with Gasteiger partial charge in [0.15, 0.2) is 11.5 Å². The molecular formula is C70H104O7S7Si3. The van der Waals surface area contributed by atoms with Gasteiger partial charge in [0.05, 0.1) is 62.9 Å². The second-order valence-corrected chi connectivity index (χ2v) is 51.3. The van der Waals surface area contributed by atoms with Crippen molar-refractivity contribution < 1.29 is 34.3 Å². The van der Waals surface area contributed by atoms with Gasteiger partial charge in [0.2, 0.25) is 0 Å². The van der Waals surface area contributed by atoms with Gasteiger partial charge >= 0.3 is 0 Å². The molecule has 17 heteroatoms. The van der Waals surface area contributed by atoms with E-state index in [0.717, 1.165) is 84.6 Å². The lowest BCUT2D eigenvalue weighted by atomic mass is 9.67. The average Bonchev–Trinajstić information content (AvgIpc) is 1.88. The molecule has 0 amide bonds. The highest BCUT2D eigenvalue weighted by atomic mass is 33.4. The van der Waals surface area contributed by atoms with Crippen LogP contribution in [0.2, 0.25) is 58.9 Å². The van der Waals surface area contributed by atoms with E-state index in [1.165, 1.54) is 79.0 Å². The predicted molar refractivity (Wildman–Crippen MR) is 401 cm³/mol. The zero-order valence-electron chi connectivity index (χ0n) is 56.9. The first kappa shape index (κ1) is 78.0. The number of methoxy groups -OCH3 is 4. The van der Waals surface area contributed by atoms with Crippen LogP contribution in [-0.2, 0) is 66.8 Å². The van der Waals surface area contributed by atoms with Crippen LogP contribution in [0.25, 0.3) is 11.1 Å². The highest BCUT2D eigenvalue weighted by Crippen LogP contribution is 2.59. The van der Waals surface area contributed by atoms with Gasteiger partial charge in [-0.1, -0.05) is 126 Å². The topological polar surface area (TPSA) is 97.6 Å². The van der Waals surface area contributed by atoms with Gasteiger partial charge in [-0.05, 0) is 196 Å². The van der Waals surface area contributed by atoms with Crippen molar-refractivity contribution in [2.24, 2.45) is 16.7 Å². The summed E-state index contributed by atoms with van der Waals surface area (Å²) < 4.78 is 21.9. The molecule has 4 aliphatic rings. The number of aliphatic hydroxyl groups excluding tert-OH is 3. The summed E-state index contributed by atoms with van der Waals surface area (Å²) in [6.07, 6.45) is 7.04. The number of aliphatic hydroxyl groups is 3. The van der Waals surface area contributed by atoms with Crippen molar-refractivity contribution in [1.29, 1.82) is 0 Å². The van der Waals surface area contributed by atoms with Crippen LogP contribution in [-0.4, -0.2) is 86.3 Å². The Labute approximate surface area is 554 Å². The fourth-order valence-electron chi connectivity index (χ4n) is 12.5. The molecule has 0 radical (unpaired) electrons. The van der Waals surface area contributed by atoms with Crippen LogP contribution in [0.1, 0.15) is 137 Å². The lowest BCUT2D eigenvalue weighted by Gasteiger charge is -2.44. The predicted octanol–water partition coefficient (Wildman–Crippen LogP) is 16.8. The highest BCUT2D eigenvalue weighted by molar-refractivity contribution is 8.68. The molecule has 3 aromatic carbocycles. The molecule has 7 nitrogen and oxygen atoms in total. The summed E-state index contributed by atoms with van der Waals surface area (Å²) >= 11 is 9.14. The van der Waals surface area contributed by atoms with E-state index < -0.39 is 24.2 Å². The summed E-state index contributed by atoms with van der Waals surface area (Å²) in [6, 6.07) is 13.0. The van der Waals surface area contributed by atoms with Crippen molar-refractivity contribution in [3.05, 3.63) is 127 Å². The first-order valence-corrected chi connectivity index (χ1v) is 48.6. The van der Waals surface area contributed by atoms with E-state index in [1.807, 2.05) is 32.9 Å².